The summed E-state index contributed by atoms with van der Waals surface area (Å²) in [5, 5.41) is -0.104. The largest absolute Gasteiger partial charge is 0.300 e. The van der Waals surface area contributed by atoms with E-state index in [-0.39, 0.29) is 47.3 Å². The Bertz CT molecular complexity index is 449. The van der Waals surface area contributed by atoms with Crippen LogP contribution in [0.15, 0.2) is 12.1 Å². The highest BCUT2D eigenvalue weighted by atomic mass is 35.5. The van der Waals surface area contributed by atoms with Gasteiger partial charge in [-0.1, -0.05) is 23.2 Å². The molecule has 0 amide bonds. The number of aromatic nitrogens is 1. The first-order valence-corrected chi connectivity index (χ1v) is 6.38. The summed E-state index contributed by atoms with van der Waals surface area (Å²) in [5.74, 6) is -3.82. The number of nitrogens with zero attached hydrogens (tertiary/aromatic N) is 1. The Kier molecular flexibility index (Phi) is 3.87. The molecule has 0 unspecified atom stereocenters. The first kappa shape index (κ1) is 13.7. The Balaban J connectivity index is 2.26. The molecule has 0 radical (unpaired) electrons. The van der Waals surface area contributed by atoms with Gasteiger partial charge >= 0.3 is 0 Å². The lowest BCUT2D eigenvalue weighted by Gasteiger charge is -2.29. The molecule has 2 rings (SSSR count). The van der Waals surface area contributed by atoms with E-state index in [0.29, 0.717) is 0 Å². The first-order chi connectivity index (χ1) is 8.39. The van der Waals surface area contributed by atoms with E-state index in [1.54, 1.807) is 0 Å². The Hall–Kier alpha value is -0.740. The van der Waals surface area contributed by atoms with Crippen LogP contribution >= 0.6 is 23.2 Å². The summed E-state index contributed by atoms with van der Waals surface area (Å²) in [4.78, 5) is 14.7. The van der Waals surface area contributed by atoms with E-state index in [2.05, 4.69) is 4.98 Å². The lowest BCUT2D eigenvalue weighted by atomic mass is 9.81. The smallest absolute Gasteiger partial charge is 0.276 e. The highest BCUT2D eigenvalue weighted by Gasteiger charge is 2.43. The second kappa shape index (κ2) is 5.10. The maximum Gasteiger partial charge on any atom is 0.276 e. The van der Waals surface area contributed by atoms with Gasteiger partial charge in [0.15, 0.2) is 0 Å². The molecule has 2 nitrogen and oxygen atoms in total. The molecule has 1 aliphatic rings. The molecule has 1 saturated carbocycles. The number of halogens is 4. The van der Waals surface area contributed by atoms with Crippen LogP contribution in [0.2, 0.25) is 10.3 Å². The van der Waals surface area contributed by atoms with Crippen molar-refractivity contribution >= 4 is 29.0 Å². The molecule has 18 heavy (non-hydrogen) atoms. The van der Waals surface area contributed by atoms with Crippen LogP contribution in [0.1, 0.15) is 31.2 Å². The Morgan fingerprint density at radius 2 is 1.67 bits per heavy atom. The standard InChI is InChI=1S/C12H11Cl2F2NO/c13-10-5-8(6-11(14)17-10)12(15,16)7-1-3-9(18)4-2-7/h5-7H,1-4H2. The summed E-state index contributed by atoms with van der Waals surface area (Å²) < 4.78 is 28.5. The van der Waals surface area contributed by atoms with Crippen molar-refractivity contribution in [2.45, 2.75) is 31.6 Å². The summed E-state index contributed by atoms with van der Waals surface area (Å²) in [5.41, 5.74) is -0.230. The zero-order valence-corrected chi connectivity index (χ0v) is 10.9. The molecule has 0 aromatic carbocycles. The van der Waals surface area contributed by atoms with Crippen molar-refractivity contribution in [3.8, 4) is 0 Å². The van der Waals surface area contributed by atoms with Crippen molar-refractivity contribution in [3.63, 3.8) is 0 Å². The number of hydrogen-bond acceptors (Lipinski definition) is 2. The minimum atomic E-state index is -3.03. The molecule has 1 heterocycles. The second-order valence-electron chi connectivity index (χ2n) is 4.44. The van der Waals surface area contributed by atoms with Gasteiger partial charge in [0, 0.05) is 24.3 Å². The fourth-order valence-corrected chi connectivity index (χ4v) is 2.66. The van der Waals surface area contributed by atoms with E-state index >= 15 is 0 Å². The second-order valence-corrected chi connectivity index (χ2v) is 5.21. The van der Waals surface area contributed by atoms with Crippen molar-refractivity contribution in [2.24, 2.45) is 5.92 Å². The molecule has 0 atom stereocenters. The van der Waals surface area contributed by atoms with Gasteiger partial charge in [-0.25, -0.2) is 13.8 Å². The molecule has 0 aliphatic heterocycles. The van der Waals surface area contributed by atoms with Gasteiger partial charge in [0.2, 0.25) is 0 Å². The SMILES string of the molecule is O=C1CCC(C(F)(F)c2cc(Cl)nc(Cl)c2)CC1. The Morgan fingerprint density at radius 3 is 2.17 bits per heavy atom. The van der Waals surface area contributed by atoms with E-state index in [0.717, 1.165) is 12.1 Å². The van der Waals surface area contributed by atoms with Gasteiger partial charge in [0.25, 0.3) is 5.92 Å². The number of rotatable bonds is 2. The Labute approximate surface area is 113 Å². The van der Waals surface area contributed by atoms with Gasteiger partial charge in [-0.3, -0.25) is 4.79 Å². The summed E-state index contributed by atoms with van der Waals surface area (Å²) in [7, 11) is 0. The fourth-order valence-electron chi connectivity index (χ4n) is 2.20. The third kappa shape index (κ3) is 2.81. The van der Waals surface area contributed by atoms with E-state index in [1.807, 2.05) is 0 Å². The summed E-state index contributed by atoms with van der Waals surface area (Å²) in [6, 6.07) is 2.26. The van der Waals surface area contributed by atoms with E-state index in [1.165, 1.54) is 0 Å². The molecule has 0 spiro atoms. The summed E-state index contributed by atoms with van der Waals surface area (Å²) in [6.07, 6.45) is 0.826. The van der Waals surface area contributed by atoms with Crippen LogP contribution < -0.4 is 0 Å². The van der Waals surface area contributed by atoms with E-state index in [4.69, 9.17) is 23.2 Å². The molecule has 0 saturated heterocycles. The predicted octanol–water partition coefficient (Wildman–Crippen LogP) is 4.24. The number of Topliss-reactive ketones (excluding diaryl/α,β-unsaturated/α-hetero) is 1. The Morgan fingerprint density at radius 1 is 1.17 bits per heavy atom. The van der Waals surface area contributed by atoms with Crippen LogP contribution in [0.5, 0.6) is 0 Å². The van der Waals surface area contributed by atoms with Crippen molar-refractivity contribution in [2.75, 3.05) is 0 Å². The third-order valence-corrected chi connectivity index (χ3v) is 3.59. The number of carbonyl (C=O) groups is 1. The molecule has 6 heteroatoms. The zero-order chi connectivity index (χ0) is 13.3. The first-order valence-electron chi connectivity index (χ1n) is 5.62. The van der Waals surface area contributed by atoms with Gasteiger partial charge in [-0.15, -0.1) is 0 Å². The van der Waals surface area contributed by atoms with Crippen LogP contribution in [0.3, 0.4) is 0 Å². The molecule has 0 N–H and O–H groups in total. The summed E-state index contributed by atoms with van der Waals surface area (Å²) >= 11 is 11.3. The minimum Gasteiger partial charge on any atom is -0.300 e. The van der Waals surface area contributed by atoms with Gasteiger partial charge in [-0.2, -0.15) is 0 Å². The monoisotopic (exact) mass is 293 g/mol. The number of pyridine rings is 1. The zero-order valence-electron chi connectivity index (χ0n) is 9.43. The predicted molar refractivity (Wildman–Crippen MR) is 65.1 cm³/mol. The molecular weight excluding hydrogens is 283 g/mol. The number of alkyl halides is 2. The molecule has 1 fully saturated rings. The van der Waals surface area contributed by atoms with Crippen LogP contribution in [0.4, 0.5) is 8.78 Å². The summed E-state index contributed by atoms with van der Waals surface area (Å²) in [6.45, 7) is 0. The van der Waals surface area contributed by atoms with Crippen molar-refractivity contribution in [1.29, 1.82) is 0 Å². The maximum atomic E-state index is 14.3. The topological polar surface area (TPSA) is 30.0 Å². The third-order valence-electron chi connectivity index (χ3n) is 3.20. The normalized spacial score (nSPS) is 18.1. The molecular formula is C12H11Cl2F2NO. The molecule has 0 bridgehead atoms. The highest BCUT2D eigenvalue weighted by Crippen LogP contribution is 2.43. The van der Waals surface area contributed by atoms with Crippen LogP contribution in [0.25, 0.3) is 0 Å². The quantitative estimate of drug-likeness (QED) is 0.764. The van der Waals surface area contributed by atoms with Gasteiger partial charge < -0.3 is 0 Å². The molecule has 1 aromatic heterocycles. The van der Waals surface area contributed by atoms with E-state index in [9.17, 15) is 13.6 Å². The van der Waals surface area contributed by atoms with Gasteiger partial charge in [0.1, 0.15) is 16.1 Å². The lowest BCUT2D eigenvalue weighted by molar-refractivity contribution is -0.126. The average molecular weight is 294 g/mol. The number of ketones is 1. The molecule has 1 aromatic rings. The van der Waals surface area contributed by atoms with Crippen LogP contribution in [-0.2, 0) is 10.7 Å². The van der Waals surface area contributed by atoms with Gasteiger partial charge in [0.05, 0.1) is 0 Å². The number of hydrogen-bond donors (Lipinski definition) is 0. The minimum absolute atomic E-state index is 0.0489. The fraction of sp³-hybridized carbons (Fsp3) is 0.500. The highest BCUT2D eigenvalue weighted by molar-refractivity contribution is 6.32. The van der Waals surface area contributed by atoms with Crippen LogP contribution in [-0.4, -0.2) is 10.8 Å². The maximum absolute atomic E-state index is 14.3. The average Bonchev–Trinajstić information content (AvgIpc) is 2.28. The van der Waals surface area contributed by atoms with Crippen LogP contribution in [0, 0.1) is 5.92 Å². The molecule has 1 aliphatic carbocycles. The van der Waals surface area contributed by atoms with Gasteiger partial charge in [-0.05, 0) is 25.0 Å². The van der Waals surface area contributed by atoms with Crippen molar-refractivity contribution in [3.05, 3.63) is 28.0 Å². The van der Waals surface area contributed by atoms with Crippen molar-refractivity contribution in [1.82, 2.24) is 4.98 Å². The number of carbonyl (C=O) groups excluding carboxylic acids is 1. The van der Waals surface area contributed by atoms with Crippen molar-refractivity contribution < 1.29 is 13.6 Å². The lowest BCUT2D eigenvalue weighted by Crippen LogP contribution is -2.30. The molecule has 98 valence electrons. The van der Waals surface area contributed by atoms with E-state index < -0.39 is 11.8 Å².